The third kappa shape index (κ3) is 3.56. The van der Waals surface area contributed by atoms with Gasteiger partial charge in [0, 0.05) is 0 Å². The van der Waals surface area contributed by atoms with E-state index in [0.717, 1.165) is 12.8 Å². The predicted molar refractivity (Wildman–Crippen MR) is 68.2 cm³/mol. The molecule has 0 N–H and O–H groups in total. The van der Waals surface area contributed by atoms with Gasteiger partial charge in [-0.3, -0.25) is 0 Å². The van der Waals surface area contributed by atoms with E-state index in [2.05, 4.69) is 25.3 Å². The van der Waals surface area contributed by atoms with Gasteiger partial charge in [0.15, 0.2) is 0 Å². The van der Waals surface area contributed by atoms with E-state index < -0.39 is 0 Å². The molecule has 1 atom stereocenters. The first kappa shape index (κ1) is 12.1. The van der Waals surface area contributed by atoms with Crippen LogP contribution in [0.25, 0.3) is 0 Å². The van der Waals surface area contributed by atoms with Crippen molar-refractivity contribution in [3.05, 3.63) is 61.2 Å². The van der Waals surface area contributed by atoms with Gasteiger partial charge in [-0.1, -0.05) is 42.5 Å². The lowest BCUT2D eigenvalue weighted by Crippen LogP contribution is -2.06. The summed E-state index contributed by atoms with van der Waals surface area (Å²) >= 11 is 6.43. The van der Waals surface area contributed by atoms with Crippen LogP contribution in [0.15, 0.2) is 55.6 Å². The first-order valence-electron chi connectivity index (χ1n) is 5.20. The van der Waals surface area contributed by atoms with Gasteiger partial charge in [-0.25, -0.2) is 0 Å². The Kier molecular flexibility index (Phi) is 5.20. The molecule has 0 aliphatic rings. The van der Waals surface area contributed by atoms with E-state index in [1.165, 1.54) is 5.56 Å². The van der Waals surface area contributed by atoms with E-state index in [1.54, 1.807) is 0 Å². The Balaban J connectivity index is 2.75. The van der Waals surface area contributed by atoms with Gasteiger partial charge in [0.2, 0.25) is 0 Å². The molecule has 1 unspecified atom stereocenters. The highest BCUT2D eigenvalue weighted by atomic mass is 35.5. The summed E-state index contributed by atoms with van der Waals surface area (Å²) in [7, 11) is 0. The number of benzene rings is 1. The van der Waals surface area contributed by atoms with Crippen LogP contribution < -0.4 is 0 Å². The Hall–Kier alpha value is -1.01. The lowest BCUT2D eigenvalue weighted by atomic mass is 9.92. The van der Waals surface area contributed by atoms with Gasteiger partial charge < -0.3 is 0 Å². The third-order valence-electron chi connectivity index (χ3n) is 2.47. The molecule has 0 aliphatic carbocycles. The van der Waals surface area contributed by atoms with Crippen LogP contribution in [0.3, 0.4) is 0 Å². The normalized spacial score (nSPS) is 12.4. The third-order valence-corrected chi connectivity index (χ3v) is 3.08. The van der Waals surface area contributed by atoms with Crippen molar-refractivity contribution in [1.82, 2.24) is 0 Å². The fourth-order valence-corrected chi connectivity index (χ4v) is 2.02. The molecule has 1 rings (SSSR count). The Morgan fingerprint density at radius 2 is 1.60 bits per heavy atom. The molecule has 0 fully saturated rings. The van der Waals surface area contributed by atoms with Crippen LogP contribution in [-0.2, 0) is 0 Å². The highest BCUT2D eigenvalue weighted by molar-refractivity contribution is 6.21. The van der Waals surface area contributed by atoms with E-state index in [9.17, 15) is 0 Å². The maximum Gasteiger partial charge on any atom is 0.0619 e. The second kappa shape index (κ2) is 6.47. The molecule has 80 valence electrons. The molecule has 0 aromatic heterocycles. The molecule has 1 aromatic rings. The van der Waals surface area contributed by atoms with Crippen LogP contribution in [0.5, 0.6) is 0 Å². The summed E-state index contributed by atoms with van der Waals surface area (Å²) in [5, 5.41) is 0.0437. The fourth-order valence-electron chi connectivity index (χ4n) is 1.67. The summed E-state index contributed by atoms with van der Waals surface area (Å²) in [5.41, 5.74) is 1.17. The molecule has 0 aliphatic heterocycles. The first-order valence-corrected chi connectivity index (χ1v) is 5.64. The molecule has 0 radical (unpaired) electrons. The molecule has 0 nitrogen and oxygen atoms in total. The van der Waals surface area contributed by atoms with Gasteiger partial charge in [-0.05, 0) is 24.3 Å². The van der Waals surface area contributed by atoms with E-state index in [-0.39, 0.29) is 5.38 Å². The van der Waals surface area contributed by atoms with Crippen LogP contribution >= 0.6 is 11.6 Å². The van der Waals surface area contributed by atoms with Crippen LogP contribution in [0, 0.1) is 5.92 Å². The molecule has 15 heavy (non-hydrogen) atoms. The summed E-state index contributed by atoms with van der Waals surface area (Å²) in [5.74, 6) is 0.393. The molecule has 1 aromatic carbocycles. The standard InChI is InChI=1S/C14H17Cl/c1-3-8-12(9-4-2)14(15)13-10-6-5-7-11-13/h3-7,10-12,14H,1-2,8-9H2. The monoisotopic (exact) mass is 220 g/mol. The second-order valence-corrected chi connectivity index (χ2v) is 4.09. The summed E-state index contributed by atoms with van der Waals surface area (Å²) in [6.07, 6.45) is 5.70. The predicted octanol–water partition coefficient (Wildman–Crippen LogP) is 4.73. The molecule has 0 amide bonds. The second-order valence-electron chi connectivity index (χ2n) is 3.62. The van der Waals surface area contributed by atoms with Gasteiger partial charge in [0.1, 0.15) is 0 Å². The Morgan fingerprint density at radius 1 is 1.07 bits per heavy atom. The largest absolute Gasteiger partial charge is 0.117 e. The molecule has 0 bridgehead atoms. The zero-order valence-corrected chi connectivity index (χ0v) is 9.66. The van der Waals surface area contributed by atoms with Gasteiger partial charge in [0.05, 0.1) is 5.38 Å². The maximum absolute atomic E-state index is 6.43. The van der Waals surface area contributed by atoms with Crippen molar-refractivity contribution in [2.24, 2.45) is 5.92 Å². The number of hydrogen-bond acceptors (Lipinski definition) is 0. The minimum absolute atomic E-state index is 0.0437. The molecule has 0 saturated carbocycles. The van der Waals surface area contributed by atoms with Crippen LogP contribution in [0.4, 0.5) is 0 Å². The molecule has 1 heteroatoms. The summed E-state index contributed by atoms with van der Waals surface area (Å²) < 4.78 is 0. The lowest BCUT2D eigenvalue weighted by Gasteiger charge is -2.19. The van der Waals surface area contributed by atoms with Crippen molar-refractivity contribution in [2.75, 3.05) is 0 Å². The van der Waals surface area contributed by atoms with Crippen LogP contribution in [0.1, 0.15) is 23.8 Å². The first-order chi connectivity index (χ1) is 7.29. The number of allylic oxidation sites excluding steroid dienone is 2. The number of alkyl halides is 1. The number of halogens is 1. The van der Waals surface area contributed by atoms with Gasteiger partial charge in [-0.2, -0.15) is 0 Å². The van der Waals surface area contributed by atoms with Crippen molar-refractivity contribution in [2.45, 2.75) is 18.2 Å². The zero-order valence-electron chi connectivity index (χ0n) is 8.90. The van der Waals surface area contributed by atoms with E-state index in [0.29, 0.717) is 5.92 Å². The van der Waals surface area contributed by atoms with Crippen LogP contribution in [0.2, 0.25) is 0 Å². The van der Waals surface area contributed by atoms with Crippen molar-refractivity contribution < 1.29 is 0 Å². The smallest absolute Gasteiger partial charge is 0.0619 e. The van der Waals surface area contributed by atoms with Crippen molar-refractivity contribution >= 4 is 11.6 Å². The molecule has 0 saturated heterocycles. The summed E-state index contributed by atoms with van der Waals surface area (Å²) in [6.45, 7) is 7.53. The van der Waals surface area contributed by atoms with Gasteiger partial charge >= 0.3 is 0 Å². The molecule has 0 heterocycles. The quantitative estimate of drug-likeness (QED) is 0.480. The Bertz CT molecular complexity index is 292. The van der Waals surface area contributed by atoms with E-state index >= 15 is 0 Å². The van der Waals surface area contributed by atoms with Crippen LogP contribution in [-0.4, -0.2) is 0 Å². The highest BCUT2D eigenvalue weighted by Crippen LogP contribution is 2.33. The average Bonchev–Trinajstić information content (AvgIpc) is 2.29. The van der Waals surface area contributed by atoms with E-state index in [4.69, 9.17) is 11.6 Å². The topological polar surface area (TPSA) is 0 Å². The summed E-state index contributed by atoms with van der Waals surface area (Å²) in [6, 6.07) is 10.2. The number of rotatable bonds is 6. The van der Waals surface area contributed by atoms with Gasteiger partial charge in [-0.15, -0.1) is 24.8 Å². The highest BCUT2D eigenvalue weighted by Gasteiger charge is 2.18. The Labute approximate surface area is 97.3 Å². The Morgan fingerprint density at radius 3 is 2.07 bits per heavy atom. The zero-order chi connectivity index (χ0) is 11.1. The van der Waals surface area contributed by atoms with Crippen molar-refractivity contribution in [3.63, 3.8) is 0 Å². The molecule has 0 spiro atoms. The van der Waals surface area contributed by atoms with E-state index in [1.807, 2.05) is 30.4 Å². The number of hydrogen-bond donors (Lipinski definition) is 0. The SMILES string of the molecule is C=CCC(CC=C)C(Cl)c1ccccc1. The maximum atomic E-state index is 6.43. The lowest BCUT2D eigenvalue weighted by molar-refractivity contribution is 0.523. The van der Waals surface area contributed by atoms with Crippen molar-refractivity contribution in [3.8, 4) is 0 Å². The van der Waals surface area contributed by atoms with Gasteiger partial charge in [0.25, 0.3) is 0 Å². The molecular formula is C14H17Cl. The minimum atomic E-state index is 0.0437. The average molecular weight is 221 g/mol. The van der Waals surface area contributed by atoms with Crippen molar-refractivity contribution in [1.29, 1.82) is 0 Å². The summed E-state index contributed by atoms with van der Waals surface area (Å²) in [4.78, 5) is 0. The molecular weight excluding hydrogens is 204 g/mol. The fraction of sp³-hybridized carbons (Fsp3) is 0.286. The minimum Gasteiger partial charge on any atom is -0.117 e.